The first-order valence-corrected chi connectivity index (χ1v) is 8.92. The standard InChI is InChI=1S/C20H21N5O3/c1-2-28-17-5-3-16(4-6-17)23-20(27)22-13-14-25-19(26)8-7-18(24-25)15-9-11-21-12-10-15/h3-12H,2,13-14H2,1H3,(H2,22,23,27). The minimum Gasteiger partial charge on any atom is -0.494 e. The molecule has 144 valence electrons. The van der Waals surface area contributed by atoms with E-state index in [-0.39, 0.29) is 24.7 Å². The van der Waals surface area contributed by atoms with E-state index in [0.29, 0.717) is 18.0 Å². The predicted octanol–water partition coefficient (Wildman–Crippen LogP) is 2.53. The molecule has 0 saturated heterocycles. The summed E-state index contributed by atoms with van der Waals surface area (Å²) >= 11 is 0. The smallest absolute Gasteiger partial charge is 0.319 e. The Labute approximate surface area is 162 Å². The molecular weight excluding hydrogens is 358 g/mol. The first kappa shape index (κ1) is 19.1. The van der Waals surface area contributed by atoms with Gasteiger partial charge in [0.05, 0.1) is 18.8 Å². The maximum atomic E-state index is 12.0. The van der Waals surface area contributed by atoms with Crippen LogP contribution in [0, 0.1) is 0 Å². The number of aromatic nitrogens is 3. The van der Waals surface area contributed by atoms with Crippen LogP contribution in [0.15, 0.2) is 65.7 Å². The molecule has 0 aliphatic heterocycles. The van der Waals surface area contributed by atoms with Crippen LogP contribution in [0.1, 0.15) is 6.92 Å². The molecule has 0 aliphatic carbocycles. The number of amides is 2. The van der Waals surface area contributed by atoms with Crippen molar-refractivity contribution in [1.82, 2.24) is 20.1 Å². The van der Waals surface area contributed by atoms with Gasteiger partial charge in [-0.05, 0) is 49.4 Å². The Balaban J connectivity index is 1.54. The van der Waals surface area contributed by atoms with Crippen molar-refractivity contribution in [2.45, 2.75) is 13.5 Å². The fourth-order valence-electron chi connectivity index (χ4n) is 2.54. The number of urea groups is 1. The van der Waals surface area contributed by atoms with Crippen LogP contribution >= 0.6 is 0 Å². The number of ether oxygens (including phenoxy) is 1. The molecular formula is C20H21N5O3. The van der Waals surface area contributed by atoms with E-state index in [1.54, 1.807) is 42.7 Å². The monoisotopic (exact) mass is 379 g/mol. The molecule has 3 aromatic rings. The van der Waals surface area contributed by atoms with Crippen LogP contribution in [0.3, 0.4) is 0 Å². The van der Waals surface area contributed by atoms with Crippen molar-refractivity contribution in [3.05, 3.63) is 71.3 Å². The maximum Gasteiger partial charge on any atom is 0.319 e. The van der Waals surface area contributed by atoms with Gasteiger partial charge in [0.2, 0.25) is 0 Å². The van der Waals surface area contributed by atoms with Crippen molar-refractivity contribution in [2.75, 3.05) is 18.5 Å². The summed E-state index contributed by atoms with van der Waals surface area (Å²) in [7, 11) is 0. The number of carbonyl (C=O) groups is 1. The fraction of sp³-hybridized carbons (Fsp3) is 0.200. The molecule has 0 spiro atoms. The summed E-state index contributed by atoms with van der Waals surface area (Å²) < 4.78 is 6.69. The van der Waals surface area contributed by atoms with Gasteiger partial charge in [0, 0.05) is 36.3 Å². The zero-order valence-corrected chi connectivity index (χ0v) is 15.5. The minimum atomic E-state index is -0.359. The van der Waals surface area contributed by atoms with Crippen LogP contribution < -0.4 is 20.9 Å². The number of rotatable bonds is 7. The van der Waals surface area contributed by atoms with E-state index in [1.165, 1.54) is 10.7 Å². The van der Waals surface area contributed by atoms with E-state index < -0.39 is 0 Å². The molecule has 0 saturated carbocycles. The van der Waals surface area contributed by atoms with Gasteiger partial charge in [0.15, 0.2) is 0 Å². The van der Waals surface area contributed by atoms with Gasteiger partial charge in [-0.1, -0.05) is 0 Å². The second-order valence-electron chi connectivity index (χ2n) is 5.85. The van der Waals surface area contributed by atoms with Crippen molar-refractivity contribution in [1.29, 1.82) is 0 Å². The average Bonchev–Trinajstić information content (AvgIpc) is 2.72. The Bertz CT molecular complexity index is 971. The van der Waals surface area contributed by atoms with Gasteiger partial charge in [0.25, 0.3) is 5.56 Å². The summed E-state index contributed by atoms with van der Waals surface area (Å²) in [5.74, 6) is 0.744. The lowest BCUT2D eigenvalue weighted by atomic mass is 10.2. The molecule has 8 heteroatoms. The summed E-state index contributed by atoms with van der Waals surface area (Å²) in [6.45, 7) is 3.01. The molecule has 0 atom stereocenters. The Hall–Kier alpha value is -3.68. The number of hydrogen-bond donors (Lipinski definition) is 2. The number of hydrogen-bond acceptors (Lipinski definition) is 5. The molecule has 8 nitrogen and oxygen atoms in total. The quantitative estimate of drug-likeness (QED) is 0.657. The molecule has 3 rings (SSSR count). The topological polar surface area (TPSA) is 98.1 Å². The first-order valence-electron chi connectivity index (χ1n) is 8.92. The summed E-state index contributed by atoms with van der Waals surface area (Å²) in [6, 6.07) is 13.5. The highest BCUT2D eigenvalue weighted by Gasteiger charge is 2.05. The van der Waals surface area contributed by atoms with Crippen LogP contribution in [0.2, 0.25) is 0 Å². The molecule has 0 bridgehead atoms. The molecule has 2 N–H and O–H groups in total. The number of nitrogens with one attached hydrogen (secondary N) is 2. The van der Waals surface area contributed by atoms with Crippen molar-refractivity contribution in [2.24, 2.45) is 0 Å². The van der Waals surface area contributed by atoms with E-state index in [1.807, 2.05) is 19.1 Å². The summed E-state index contributed by atoms with van der Waals surface area (Å²) in [5, 5.41) is 9.79. The second kappa shape index (κ2) is 9.31. The molecule has 0 fully saturated rings. The van der Waals surface area contributed by atoms with Crippen molar-refractivity contribution < 1.29 is 9.53 Å². The fourth-order valence-corrected chi connectivity index (χ4v) is 2.54. The maximum absolute atomic E-state index is 12.0. The van der Waals surface area contributed by atoms with E-state index >= 15 is 0 Å². The lowest BCUT2D eigenvalue weighted by Gasteiger charge is -2.10. The third-order valence-electron chi connectivity index (χ3n) is 3.88. The molecule has 0 radical (unpaired) electrons. The second-order valence-corrected chi connectivity index (χ2v) is 5.85. The van der Waals surface area contributed by atoms with Gasteiger partial charge >= 0.3 is 6.03 Å². The number of benzene rings is 1. The van der Waals surface area contributed by atoms with Gasteiger partial charge in [-0.3, -0.25) is 9.78 Å². The third kappa shape index (κ3) is 5.16. The van der Waals surface area contributed by atoms with Crippen LogP contribution in [0.25, 0.3) is 11.3 Å². The zero-order chi connectivity index (χ0) is 19.8. The molecule has 28 heavy (non-hydrogen) atoms. The Kier molecular flexibility index (Phi) is 6.35. The predicted molar refractivity (Wildman–Crippen MR) is 106 cm³/mol. The number of anilines is 1. The van der Waals surface area contributed by atoms with Crippen molar-refractivity contribution >= 4 is 11.7 Å². The van der Waals surface area contributed by atoms with Crippen molar-refractivity contribution in [3.8, 4) is 17.0 Å². The summed E-state index contributed by atoms with van der Waals surface area (Å²) in [5.41, 5.74) is 1.95. The molecule has 0 aliphatic rings. The van der Waals surface area contributed by atoms with Gasteiger partial charge in [-0.25, -0.2) is 9.48 Å². The molecule has 0 unspecified atom stereocenters. The number of carbonyl (C=O) groups excluding carboxylic acids is 1. The van der Waals surface area contributed by atoms with E-state index in [4.69, 9.17) is 4.74 Å². The highest BCUT2D eigenvalue weighted by atomic mass is 16.5. The number of nitrogens with zero attached hydrogens (tertiary/aromatic N) is 3. The lowest BCUT2D eigenvalue weighted by molar-refractivity contribution is 0.251. The largest absolute Gasteiger partial charge is 0.494 e. The number of pyridine rings is 1. The van der Waals surface area contributed by atoms with Gasteiger partial charge in [-0.15, -0.1) is 0 Å². The first-order chi connectivity index (χ1) is 13.7. The SMILES string of the molecule is CCOc1ccc(NC(=O)NCCn2nc(-c3ccncc3)ccc2=O)cc1. The van der Waals surface area contributed by atoms with Crippen LogP contribution in [0.4, 0.5) is 10.5 Å². The zero-order valence-electron chi connectivity index (χ0n) is 15.5. The summed E-state index contributed by atoms with van der Waals surface area (Å²) in [4.78, 5) is 28.0. The molecule has 2 amide bonds. The van der Waals surface area contributed by atoms with Crippen LogP contribution in [0.5, 0.6) is 5.75 Å². The van der Waals surface area contributed by atoms with Gasteiger partial charge in [-0.2, -0.15) is 5.10 Å². The van der Waals surface area contributed by atoms with E-state index in [9.17, 15) is 9.59 Å². The molecule has 2 heterocycles. The Morgan fingerprint density at radius 1 is 1.07 bits per heavy atom. The molecule has 2 aromatic heterocycles. The van der Waals surface area contributed by atoms with E-state index in [2.05, 4.69) is 20.7 Å². The third-order valence-corrected chi connectivity index (χ3v) is 3.88. The van der Waals surface area contributed by atoms with Gasteiger partial charge < -0.3 is 15.4 Å². The van der Waals surface area contributed by atoms with E-state index in [0.717, 1.165) is 11.3 Å². The molecule has 1 aromatic carbocycles. The normalized spacial score (nSPS) is 10.3. The highest BCUT2D eigenvalue weighted by molar-refractivity contribution is 5.89. The Morgan fingerprint density at radius 3 is 2.54 bits per heavy atom. The van der Waals surface area contributed by atoms with Crippen LogP contribution in [-0.2, 0) is 6.54 Å². The van der Waals surface area contributed by atoms with Gasteiger partial charge in [0.1, 0.15) is 5.75 Å². The van der Waals surface area contributed by atoms with Crippen molar-refractivity contribution in [3.63, 3.8) is 0 Å². The lowest BCUT2D eigenvalue weighted by Crippen LogP contribution is -2.34. The minimum absolute atomic E-state index is 0.230. The average molecular weight is 379 g/mol. The Morgan fingerprint density at radius 2 is 1.82 bits per heavy atom. The van der Waals surface area contributed by atoms with Crippen LogP contribution in [-0.4, -0.2) is 33.9 Å². The summed E-state index contributed by atoms with van der Waals surface area (Å²) in [6.07, 6.45) is 3.33. The highest BCUT2D eigenvalue weighted by Crippen LogP contribution is 2.15.